The lowest BCUT2D eigenvalue weighted by Crippen LogP contribution is -1.91. The molecule has 1 atom stereocenters. The molecule has 1 aromatic carbocycles. The van der Waals surface area contributed by atoms with Gasteiger partial charge in [-0.2, -0.15) is 4.99 Å². The summed E-state index contributed by atoms with van der Waals surface area (Å²) < 4.78 is 25.3. The predicted octanol–water partition coefficient (Wildman–Crippen LogP) is 2.78. The summed E-state index contributed by atoms with van der Waals surface area (Å²) in [7, 11) is 0. The van der Waals surface area contributed by atoms with Crippen molar-refractivity contribution in [3.63, 3.8) is 0 Å². The minimum absolute atomic E-state index is 0.0801. The van der Waals surface area contributed by atoms with Gasteiger partial charge in [-0.05, 0) is 17.7 Å². The summed E-state index contributed by atoms with van der Waals surface area (Å²) in [4.78, 5) is 13.3. The van der Waals surface area contributed by atoms with Crippen molar-refractivity contribution in [2.75, 3.05) is 0 Å². The van der Waals surface area contributed by atoms with Crippen LogP contribution < -0.4 is 0 Å². The van der Waals surface area contributed by atoms with Crippen LogP contribution in [0.15, 0.2) is 29.3 Å². The summed E-state index contributed by atoms with van der Waals surface area (Å²) in [6.07, 6.45) is 1.31. The smallest absolute Gasteiger partial charge is 0.211 e. The molecule has 1 saturated carbocycles. The van der Waals surface area contributed by atoms with E-state index in [-0.39, 0.29) is 6.42 Å². The first kappa shape index (κ1) is 9.03. The van der Waals surface area contributed by atoms with Gasteiger partial charge in [0.1, 0.15) is 0 Å². The van der Waals surface area contributed by atoms with Gasteiger partial charge in [0.05, 0.1) is 11.6 Å². The maximum absolute atomic E-state index is 12.6. The Morgan fingerprint density at radius 3 is 2.36 bits per heavy atom. The predicted molar refractivity (Wildman–Crippen MR) is 46.5 cm³/mol. The first-order valence-electron chi connectivity index (χ1n) is 4.19. The molecule has 0 radical (unpaired) electrons. The average Bonchev–Trinajstić information content (AvgIpc) is 2.77. The SMILES string of the molecule is O=C=Nc1ccc(C2CC2(F)F)cc1. The second-order valence-electron chi connectivity index (χ2n) is 3.31. The minimum atomic E-state index is -2.55. The molecule has 1 aliphatic carbocycles. The molecule has 0 saturated heterocycles. The van der Waals surface area contributed by atoms with Crippen molar-refractivity contribution in [2.45, 2.75) is 18.3 Å². The normalized spacial score (nSPS) is 22.6. The quantitative estimate of drug-likeness (QED) is 0.527. The summed E-state index contributed by atoms with van der Waals surface area (Å²) in [5.41, 5.74) is 1.03. The first-order valence-corrected chi connectivity index (χ1v) is 4.19. The molecule has 2 rings (SSSR count). The van der Waals surface area contributed by atoms with Crippen LogP contribution in [0.1, 0.15) is 17.9 Å². The fourth-order valence-corrected chi connectivity index (χ4v) is 1.41. The van der Waals surface area contributed by atoms with E-state index < -0.39 is 11.8 Å². The highest BCUT2D eigenvalue weighted by Gasteiger charge is 2.57. The van der Waals surface area contributed by atoms with Crippen LogP contribution in [-0.4, -0.2) is 12.0 Å². The molecule has 2 nitrogen and oxygen atoms in total. The Kier molecular flexibility index (Phi) is 1.93. The summed E-state index contributed by atoms with van der Waals surface area (Å²) >= 11 is 0. The van der Waals surface area contributed by atoms with Gasteiger partial charge in [0.15, 0.2) is 0 Å². The van der Waals surface area contributed by atoms with Crippen molar-refractivity contribution in [3.05, 3.63) is 29.8 Å². The lowest BCUT2D eigenvalue weighted by Gasteiger charge is -1.98. The van der Waals surface area contributed by atoms with Crippen LogP contribution >= 0.6 is 0 Å². The van der Waals surface area contributed by atoms with E-state index in [0.29, 0.717) is 11.3 Å². The standard InChI is InChI=1S/C10H7F2NO/c11-10(12)5-9(10)7-1-3-8(4-2-7)13-6-14/h1-4,9H,5H2. The van der Waals surface area contributed by atoms with E-state index in [1.54, 1.807) is 12.1 Å². The highest BCUT2D eigenvalue weighted by atomic mass is 19.3. The third kappa shape index (κ3) is 1.56. The van der Waals surface area contributed by atoms with Crippen molar-refractivity contribution in [2.24, 2.45) is 4.99 Å². The van der Waals surface area contributed by atoms with Crippen LogP contribution in [0, 0.1) is 0 Å². The maximum atomic E-state index is 12.6. The van der Waals surface area contributed by atoms with Gasteiger partial charge in [-0.15, -0.1) is 0 Å². The Bertz CT molecular complexity index is 393. The van der Waals surface area contributed by atoms with E-state index in [4.69, 9.17) is 0 Å². The second kappa shape index (κ2) is 3.00. The number of alkyl halides is 2. The van der Waals surface area contributed by atoms with Gasteiger partial charge in [-0.25, -0.2) is 13.6 Å². The zero-order valence-corrected chi connectivity index (χ0v) is 7.21. The van der Waals surface area contributed by atoms with E-state index in [1.807, 2.05) is 0 Å². The Balaban J connectivity index is 2.19. The largest absolute Gasteiger partial charge is 0.255 e. The lowest BCUT2D eigenvalue weighted by atomic mass is 10.1. The summed E-state index contributed by atoms with van der Waals surface area (Å²) in [5.74, 6) is -3.20. The molecule has 0 bridgehead atoms. The third-order valence-electron chi connectivity index (χ3n) is 2.30. The number of isocyanates is 1. The molecular formula is C10H7F2NO. The number of nitrogens with zero attached hydrogens (tertiary/aromatic N) is 1. The zero-order chi connectivity index (χ0) is 10.2. The molecule has 1 aliphatic rings. The number of aliphatic imine (C=N–C) groups is 1. The molecule has 0 heterocycles. The highest BCUT2D eigenvalue weighted by molar-refractivity contribution is 5.50. The first-order chi connectivity index (χ1) is 6.63. The van der Waals surface area contributed by atoms with Crippen LogP contribution in [0.4, 0.5) is 14.5 Å². The number of hydrogen-bond acceptors (Lipinski definition) is 2. The fraction of sp³-hybridized carbons (Fsp3) is 0.300. The number of benzene rings is 1. The van der Waals surface area contributed by atoms with E-state index in [2.05, 4.69) is 4.99 Å². The van der Waals surface area contributed by atoms with Gasteiger partial charge in [0, 0.05) is 6.42 Å². The van der Waals surface area contributed by atoms with Gasteiger partial charge in [-0.1, -0.05) is 12.1 Å². The Morgan fingerprint density at radius 1 is 1.36 bits per heavy atom. The van der Waals surface area contributed by atoms with Crippen LogP contribution in [0.2, 0.25) is 0 Å². The van der Waals surface area contributed by atoms with Crippen molar-refractivity contribution < 1.29 is 13.6 Å². The third-order valence-corrected chi connectivity index (χ3v) is 2.30. The molecule has 4 heteroatoms. The summed E-state index contributed by atoms with van der Waals surface area (Å²) in [6.45, 7) is 0. The number of hydrogen-bond donors (Lipinski definition) is 0. The van der Waals surface area contributed by atoms with Crippen LogP contribution in [0.25, 0.3) is 0 Å². The lowest BCUT2D eigenvalue weighted by molar-refractivity contribution is 0.112. The Labute approximate surface area is 79.3 Å². The molecular weight excluding hydrogens is 188 g/mol. The van der Waals surface area contributed by atoms with Gasteiger partial charge < -0.3 is 0 Å². The summed E-state index contributed by atoms with van der Waals surface area (Å²) in [6, 6.07) is 6.22. The number of rotatable bonds is 2. The molecule has 72 valence electrons. The van der Waals surface area contributed by atoms with E-state index in [1.165, 1.54) is 18.2 Å². The van der Waals surface area contributed by atoms with E-state index in [9.17, 15) is 13.6 Å². The van der Waals surface area contributed by atoms with Crippen LogP contribution in [-0.2, 0) is 4.79 Å². The van der Waals surface area contributed by atoms with Gasteiger partial charge in [0.25, 0.3) is 5.92 Å². The molecule has 0 spiro atoms. The van der Waals surface area contributed by atoms with Gasteiger partial charge >= 0.3 is 0 Å². The highest BCUT2D eigenvalue weighted by Crippen LogP contribution is 2.55. The molecule has 1 fully saturated rings. The average molecular weight is 195 g/mol. The monoisotopic (exact) mass is 195 g/mol. The van der Waals surface area contributed by atoms with E-state index >= 15 is 0 Å². The fourth-order valence-electron chi connectivity index (χ4n) is 1.41. The van der Waals surface area contributed by atoms with Crippen molar-refractivity contribution in [3.8, 4) is 0 Å². The molecule has 0 aromatic heterocycles. The van der Waals surface area contributed by atoms with Crippen LogP contribution in [0.5, 0.6) is 0 Å². The van der Waals surface area contributed by atoms with Gasteiger partial charge in [0.2, 0.25) is 6.08 Å². The summed E-state index contributed by atoms with van der Waals surface area (Å²) in [5, 5.41) is 0. The Hall–Kier alpha value is -1.54. The number of carbonyl (C=O) groups excluding carboxylic acids is 1. The molecule has 14 heavy (non-hydrogen) atoms. The molecule has 1 unspecified atom stereocenters. The zero-order valence-electron chi connectivity index (χ0n) is 7.21. The van der Waals surface area contributed by atoms with Crippen molar-refractivity contribution >= 4 is 11.8 Å². The van der Waals surface area contributed by atoms with Gasteiger partial charge in [-0.3, -0.25) is 0 Å². The topological polar surface area (TPSA) is 29.4 Å². The molecule has 0 amide bonds. The van der Waals surface area contributed by atoms with E-state index in [0.717, 1.165) is 0 Å². The van der Waals surface area contributed by atoms with Crippen molar-refractivity contribution in [1.82, 2.24) is 0 Å². The second-order valence-corrected chi connectivity index (χ2v) is 3.31. The van der Waals surface area contributed by atoms with Crippen LogP contribution in [0.3, 0.4) is 0 Å². The molecule has 0 N–H and O–H groups in total. The molecule has 0 aliphatic heterocycles. The number of halogens is 2. The Morgan fingerprint density at radius 2 is 1.93 bits per heavy atom. The maximum Gasteiger partial charge on any atom is 0.255 e. The minimum Gasteiger partial charge on any atom is -0.211 e. The molecule has 1 aromatic rings. The van der Waals surface area contributed by atoms with Crippen molar-refractivity contribution in [1.29, 1.82) is 0 Å².